The van der Waals surface area contributed by atoms with Crippen LogP contribution in [-0.2, 0) is 0 Å². The summed E-state index contributed by atoms with van der Waals surface area (Å²) in [6, 6.07) is 19.2. The van der Waals surface area contributed by atoms with Gasteiger partial charge in [0.15, 0.2) is 5.82 Å². The zero-order valence-corrected chi connectivity index (χ0v) is 11.7. The van der Waals surface area contributed by atoms with Gasteiger partial charge in [-0.3, -0.25) is 9.36 Å². The van der Waals surface area contributed by atoms with Crippen molar-refractivity contribution in [3.63, 3.8) is 0 Å². The maximum absolute atomic E-state index is 12.6. The number of rotatable bonds is 1. The van der Waals surface area contributed by atoms with Crippen LogP contribution in [0.25, 0.3) is 22.2 Å². The van der Waals surface area contributed by atoms with Gasteiger partial charge in [0.25, 0.3) is 0 Å². The molecule has 4 nitrogen and oxygen atoms in total. The number of aromatic nitrogens is 2. The normalized spacial score (nSPS) is 14.0. The van der Waals surface area contributed by atoms with E-state index in [9.17, 15) is 10.1 Å². The number of nitriles is 1. The van der Waals surface area contributed by atoms with E-state index in [0.29, 0.717) is 11.4 Å². The van der Waals surface area contributed by atoms with Gasteiger partial charge in [-0.05, 0) is 23.3 Å². The number of fused-ring (bicyclic) bond motifs is 3. The molecule has 0 unspecified atom stereocenters. The largest absolute Gasteiger partial charge is 0.274 e. The maximum atomic E-state index is 12.6. The first-order valence-corrected chi connectivity index (χ1v) is 6.99. The first-order valence-electron chi connectivity index (χ1n) is 6.99. The minimum Gasteiger partial charge on any atom is -0.274 e. The summed E-state index contributed by atoms with van der Waals surface area (Å²) in [5.41, 5.74) is 3.60. The number of benzene rings is 2. The van der Waals surface area contributed by atoms with E-state index in [4.69, 9.17) is 0 Å². The van der Waals surface area contributed by atoms with Crippen LogP contribution in [0, 0.1) is 11.3 Å². The Balaban J connectivity index is 2.05. The van der Waals surface area contributed by atoms with E-state index < -0.39 is 0 Å². The van der Waals surface area contributed by atoms with E-state index in [1.54, 1.807) is 4.57 Å². The topological polar surface area (TPSA) is 58.7 Å². The smallest absolute Gasteiger partial charge is 0.237 e. The van der Waals surface area contributed by atoms with Gasteiger partial charge in [0.05, 0.1) is 23.0 Å². The molecule has 0 fully saturated rings. The number of hydrogen-bond donors (Lipinski definition) is 0. The summed E-state index contributed by atoms with van der Waals surface area (Å²) < 4.78 is 1.56. The van der Waals surface area contributed by atoms with Gasteiger partial charge in [0.2, 0.25) is 5.91 Å². The van der Waals surface area contributed by atoms with Gasteiger partial charge in [-0.25, -0.2) is 4.98 Å². The molecule has 104 valence electrons. The van der Waals surface area contributed by atoms with Crippen molar-refractivity contribution in [1.82, 2.24) is 9.55 Å². The molecule has 0 aliphatic carbocycles. The lowest BCUT2D eigenvalue weighted by atomic mass is 9.94. The van der Waals surface area contributed by atoms with Crippen molar-refractivity contribution in [2.75, 3.05) is 0 Å². The highest BCUT2D eigenvalue weighted by Crippen LogP contribution is 2.35. The van der Waals surface area contributed by atoms with Crippen molar-refractivity contribution in [2.24, 2.45) is 0 Å². The summed E-state index contributed by atoms with van der Waals surface area (Å²) in [5, 5.41) is 9.61. The lowest BCUT2D eigenvalue weighted by Crippen LogP contribution is -2.19. The van der Waals surface area contributed by atoms with Crippen LogP contribution in [0.2, 0.25) is 0 Å². The molecule has 0 atom stereocenters. The van der Waals surface area contributed by atoms with E-state index in [1.807, 2.05) is 54.6 Å². The zero-order chi connectivity index (χ0) is 15.1. The second-order valence-electron chi connectivity index (χ2n) is 5.16. The van der Waals surface area contributed by atoms with E-state index >= 15 is 0 Å². The van der Waals surface area contributed by atoms with Crippen molar-refractivity contribution < 1.29 is 4.79 Å². The molecule has 1 aliphatic rings. The number of imidazole rings is 1. The molecule has 2 heterocycles. The highest BCUT2D eigenvalue weighted by molar-refractivity contribution is 6.10. The lowest BCUT2D eigenvalue weighted by Gasteiger charge is -2.17. The summed E-state index contributed by atoms with van der Waals surface area (Å²) >= 11 is 0. The number of allylic oxidation sites excluding steroid dienone is 2. The predicted octanol–water partition coefficient (Wildman–Crippen LogP) is 3.51. The second kappa shape index (κ2) is 4.68. The van der Waals surface area contributed by atoms with Crippen molar-refractivity contribution >= 4 is 28.1 Å². The van der Waals surface area contributed by atoms with Gasteiger partial charge in [-0.2, -0.15) is 5.26 Å². The molecule has 0 bridgehead atoms. The van der Waals surface area contributed by atoms with Crippen LogP contribution in [0.3, 0.4) is 0 Å². The van der Waals surface area contributed by atoms with Gasteiger partial charge >= 0.3 is 0 Å². The first-order chi connectivity index (χ1) is 10.8. The van der Waals surface area contributed by atoms with Gasteiger partial charge in [-0.1, -0.05) is 42.5 Å². The fourth-order valence-corrected chi connectivity index (χ4v) is 2.90. The van der Waals surface area contributed by atoms with E-state index in [1.165, 1.54) is 0 Å². The van der Waals surface area contributed by atoms with Gasteiger partial charge in [0, 0.05) is 0 Å². The monoisotopic (exact) mass is 285 g/mol. The molecule has 0 saturated carbocycles. The Bertz CT molecular complexity index is 974. The number of carbonyl (C=O) groups excluding carboxylic acids is 1. The van der Waals surface area contributed by atoms with Gasteiger partial charge in [0.1, 0.15) is 6.07 Å². The van der Waals surface area contributed by atoms with Crippen LogP contribution in [0.1, 0.15) is 22.6 Å². The number of para-hydroxylation sites is 2. The fraction of sp³-hybridized carbons (Fsp3) is 0.0556. The zero-order valence-electron chi connectivity index (χ0n) is 11.7. The third-order valence-electron chi connectivity index (χ3n) is 3.90. The first kappa shape index (κ1) is 12.5. The van der Waals surface area contributed by atoms with Gasteiger partial charge < -0.3 is 0 Å². The lowest BCUT2D eigenvalue weighted by molar-refractivity contribution is 0.0921. The summed E-state index contributed by atoms with van der Waals surface area (Å²) in [6.07, 6.45) is 0.209. The number of hydrogen-bond acceptors (Lipinski definition) is 3. The molecule has 2 aromatic carbocycles. The number of nitrogens with zero attached hydrogens (tertiary/aromatic N) is 3. The summed E-state index contributed by atoms with van der Waals surface area (Å²) in [7, 11) is 0. The summed E-state index contributed by atoms with van der Waals surface area (Å²) in [4.78, 5) is 17.1. The Morgan fingerprint density at radius 3 is 2.55 bits per heavy atom. The molecule has 4 heteroatoms. The van der Waals surface area contributed by atoms with Crippen LogP contribution < -0.4 is 0 Å². The SMILES string of the molecule is N#CC1=C(c2ccccc2)CC(=O)n2c1nc1ccccc12. The molecule has 0 saturated heterocycles. The van der Waals surface area contributed by atoms with Gasteiger partial charge in [-0.15, -0.1) is 0 Å². The van der Waals surface area contributed by atoms with Crippen molar-refractivity contribution in [3.8, 4) is 6.07 Å². The molecule has 0 radical (unpaired) electrons. The molecule has 0 spiro atoms. The third-order valence-corrected chi connectivity index (χ3v) is 3.90. The average Bonchev–Trinajstić information content (AvgIpc) is 2.95. The highest BCUT2D eigenvalue weighted by atomic mass is 16.2. The Morgan fingerprint density at radius 2 is 1.77 bits per heavy atom. The minimum absolute atomic E-state index is 0.0541. The van der Waals surface area contributed by atoms with Crippen LogP contribution in [0.4, 0.5) is 0 Å². The second-order valence-corrected chi connectivity index (χ2v) is 5.16. The predicted molar refractivity (Wildman–Crippen MR) is 83.8 cm³/mol. The quantitative estimate of drug-likeness (QED) is 0.687. The molecule has 0 amide bonds. The summed E-state index contributed by atoms with van der Waals surface area (Å²) in [5.74, 6) is 0.389. The minimum atomic E-state index is -0.0541. The standard InChI is InChI=1S/C18H11N3O/c19-11-14-13(12-6-2-1-3-7-12)10-17(22)21-16-9-5-4-8-15(16)20-18(14)21/h1-9H,10H2. The molecular formula is C18H11N3O. The Kier molecular flexibility index (Phi) is 2.67. The third kappa shape index (κ3) is 1.69. The Hall–Kier alpha value is -3.19. The van der Waals surface area contributed by atoms with Crippen LogP contribution in [0.15, 0.2) is 54.6 Å². The van der Waals surface area contributed by atoms with Crippen molar-refractivity contribution in [2.45, 2.75) is 6.42 Å². The molecule has 4 rings (SSSR count). The Labute approximate surface area is 126 Å². The van der Waals surface area contributed by atoms with E-state index in [0.717, 1.165) is 22.2 Å². The fourth-order valence-electron chi connectivity index (χ4n) is 2.90. The van der Waals surface area contributed by atoms with E-state index in [2.05, 4.69) is 11.1 Å². The molecule has 0 N–H and O–H groups in total. The molecular weight excluding hydrogens is 274 g/mol. The maximum Gasteiger partial charge on any atom is 0.237 e. The van der Waals surface area contributed by atoms with Crippen molar-refractivity contribution in [1.29, 1.82) is 5.26 Å². The van der Waals surface area contributed by atoms with Crippen molar-refractivity contribution in [3.05, 3.63) is 66.0 Å². The van der Waals surface area contributed by atoms with E-state index in [-0.39, 0.29) is 12.3 Å². The molecule has 3 aromatic rings. The highest BCUT2D eigenvalue weighted by Gasteiger charge is 2.28. The Morgan fingerprint density at radius 1 is 1.05 bits per heavy atom. The average molecular weight is 285 g/mol. The van der Waals surface area contributed by atoms with Crippen LogP contribution >= 0.6 is 0 Å². The summed E-state index contributed by atoms with van der Waals surface area (Å²) in [6.45, 7) is 0. The van der Waals surface area contributed by atoms with Crippen LogP contribution in [-0.4, -0.2) is 15.5 Å². The molecule has 22 heavy (non-hydrogen) atoms. The molecule has 1 aromatic heterocycles. The number of carbonyl (C=O) groups is 1. The molecule has 1 aliphatic heterocycles. The van der Waals surface area contributed by atoms with Crippen LogP contribution in [0.5, 0.6) is 0 Å².